The van der Waals surface area contributed by atoms with E-state index in [1.54, 1.807) is 0 Å². The van der Waals surface area contributed by atoms with Crippen molar-refractivity contribution < 1.29 is 0 Å². The third-order valence-electron chi connectivity index (χ3n) is 3.08. The van der Waals surface area contributed by atoms with Crippen molar-refractivity contribution in [1.82, 2.24) is 9.97 Å². The Kier molecular flexibility index (Phi) is 4.16. The highest BCUT2D eigenvalue weighted by molar-refractivity contribution is 9.10. The van der Waals surface area contributed by atoms with Crippen molar-refractivity contribution >= 4 is 21.7 Å². The van der Waals surface area contributed by atoms with Crippen LogP contribution in [0.15, 0.2) is 10.7 Å². The average Bonchev–Trinajstić information content (AvgIpc) is 2.33. The quantitative estimate of drug-likeness (QED) is 0.919. The first kappa shape index (κ1) is 11.8. The first-order valence-electron chi connectivity index (χ1n) is 6.07. The molecule has 0 amide bonds. The van der Waals surface area contributed by atoms with Crippen molar-refractivity contribution in [2.75, 3.05) is 11.9 Å². The molecule has 16 heavy (non-hydrogen) atoms. The molecule has 1 aliphatic rings. The Bertz CT molecular complexity index is 348. The highest BCUT2D eigenvalue weighted by Gasteiger charge is 2.18. The highest BCUT2D eigenvalue weighted by atomic mass is 79.9. The maximum atomic E-state index is 4.62. The Labute approximate surface area is 105 Å². The number of aromatic nitrogens is 2. The van der Waals surface area contributed by atoms with E-state index in [1.165, 1.54) is 32.1 Å². The second-order valence-electron chi connectivity index (χ2n) is 4.29. The number of hydrogen-bond acceptors (Lipinski definition) is 3. The van der Waals surface area contributed by atoms with Crippen LogP contribution in [0.1, 0.15) is 50.8 Å². The molecule has 3 nitrogen and oxygen atoms in total. The van der Waals surface area contributed by atoms with E-state index in [1.807, 2.05) is 6.20 Å². The van der Waals surface area contributed by atoms with Crippen LogP contribution in [0, 0.1) is 0 Å². The van der Waals surface area contributed by atoms with Gasteiger partial charge < -0.3 is 5.32 Å². The number of rotatable bonds is 3. The largest absolute Gasteiger partial charge is 0.369 e. The van der Waals surface area contributed by atoms with E-state index in [2.05, 4.69) is 38.1 Å². The molecule has 0 aliphatic heterocycles. The molecule has 0 bridgehead atoms. The lowest BCUT2D eigenvalue weighted by Gasteiger charge is -2.20. The summed E-state index contributed by atoms with van der Waals surface area (Å²) in [6, 6.07) is 0. The second kappa shape index (κ2) is 5.62. The molecular weight excluding hydrogens is 266 g/mol. The number of nitrogens with one attached hydrogen (secondary N) is 1. The van der Waals surface area contributed by atoms with Gasteiger partial charge in [-0.15, -0.1) is 0 Å². The predicted octanol–water partition coefficient (Wildman–Crippen LogP) is 3.72. The van der Waals surface area contributed by atoms with Crippen LogP contribution < -0.4 is 5.32 Å². The predicted molar refractivity (Wildman–Crippen MR) is 69.7 cm³/mol. The summed E-state index contributed by atoms with van der Waals surface area (Å²) >= 11 is 3.47. The van der Waals surface area contributed by atoms with E-state index in [-0.39, 0.29) is 0 Å². The van der Waals surface area contributed by atoms with Crippen LogP contribution in [0.4, 0.5) is 5.82 Å². The fraction of sp³-hybridized carbons (Fsp3) is 0.667. The summed E-state index contributed by atoms with van der Waals surface area (Å²) in [5.74, 6) is 2.51. The molecule has 0 saturated heterocycles. The van der Waals surface area contributed by atoms with Crippen LogP contribution in [0.3, 0.4) is 0 Å². The summed E-state index contributed by atoms with van der Waals surface area (Å²) in [7, 11) is 0. The SMILES string of the molecule is CCNc1nc(C2CCCCC2)ncc1Br. The van der Waals surface area contributed by atoms with Crippen molar-refractivity contribution in [3.8, 4) is 0 Å². The van der Waals surface area contributed by atoms with Gasteiger partial charge in [-0.25, -0.2) is 9.97 Å². The molecule has 0 radical (unpaired) electrons. The minimum atomic E-state index is 0.569. The lowest BCUT2D eigenvalue weighted by molar-refractivity contribution is 0.428. The first-order valence-corrected chi connectivity index (χ1v) is 6.87. The van der Waals surface area contributed by atoms with Gasteiger partial charge in [0.15, 0.2) is 0 Å². The maximum absolute atomic E-state index is 4.62. The van der Waals surface area contributed by atoms with Crippen LogP contribution >= 0.6 is 15.9 Å². The topological polar surface area (TPSA) is 37.8 Å². The summed E-state index contributed by atoms with van der Waals surface area (Å²) in [6.07, 6.45) is 8.36. The number of nitrogens with zero attached hydrogens (tertiary/aromatic N) is 2. The maximum Gasteiger partial charge on any atom is 0.144 e. The van der Waals surface area contributed by atoms with E-state index >= 15 is 0 Å². The van der Waals surface area contributed by atoms with Gasteiger partial charge in [-0.05, 0) is 35.7 Å². The van der Waals surface area contributed by atoms with Crippen molar-refractivity contribution in [2.45, 2.75) is 44.9 Å². The first-order chi connectivity index (χ1) is 7.81. The molecular formula is C12H18BrN3. The Morgan fingerprint density at radius 1 is 1.38 bits per heavy atom. The molecule has 0 atom stereocenters. The molecule has 1 saturated carbocycles. The lowest BCUT2D eigenvalue weighted by Crippen LogP contribution is -2.11. The third kappa shape index (κ3) is 2.73. The van der Waals surface area contributed by atoms with E-state index in [9.17, 15) is 0 Å². The molecule has 1 aromatic rings. The van der Waals surface area contributed by atoms with Crippen molar-refractivity contribution in [2.24, 2.45) is 0 Å². The fourth-order valence-electron chi connectivity index (χ4n) is 2.23. The Balaban J connectivity index is 2.17. The molecule has 2 rings (SSSR count). The second-order valence-corrected chi connectivity index (χ2v) is 5.14. The molecule has 0 unspecified atom stereocenters. The molecule has 1 heterocycles. The normalized spacial score (nSPS) is 17.4. The molecule has 88 valence electrons. The minimum absolute atomic E-state index is 0.569. The smallest absolute Gasteiger partial charge is 0.144 e. The number of hydrogen-bond donors (Lipinski definition) is 1. The highest BCUT2D eigenvalue weighted by Crippen LogP contribution is 2.32. The summed E-state index contributed by atoms with van der Waals surface area (Å²) < 4.78 is 0.953. The van der Waals surface area contributed by atoms with E-state index in [0.717, 1.165) is 22.7 Å². The zero-order valence-corrected chi connectivity index (χ0v) is 11.3. The van der Waals surface area contributed by atoms with Gasteiger partial charge in [-0.1, -0.05) is 19.3 Å². The molecule has 0 spiro atoms. The van der Waals surface area contributed by atoms with Crippen molar-refractivity contribution in [3.05, 3.63) is 16.5 Å². The number of halogens is 1. The minimum Gasteiger partial charge on any atom is -0.369 e. The van der Waals surface area contributed by atoms with Crippen molar-refractivity contribution in [1.29, 1.82) is 0 Å². The van der Waals surface area contributed by atoms with Gasteiger partial charge in [0.05, 0.1) is 4.47 Å². The summed E-state index contributed by atoms with van der Waals surface area (Å²) in [5.41, 5.74) is 0. The van der Waals surface area contributed by atoms with Gasteiger partial charge >= 0.3 is 0 Å². The molecule has 4 heteroatoms. The molecule has 1 fully saturated rings. The zero-order chi connectivity index (χ0) is 11.4. The van der Waals surface area contributed by atoms with Gasteiger partial charge in [0.1, 0.15) is 11.6 Å². The fourth-order valence-corrected chi connectivity index (χ4v) is 2.56. The average molecular weight is 284 g/mol. The van der Waals surface area contributed by atoms with Crippen LogP contribution in [-0.2, 0) is 0 Å². The number of anilines is 1. The van der Waals surface area contributed by atoms with E-state index < -0.39 is 0 Å². The third-order valence-corrected chi connectivity index (χ3v) is 3.66. The van der Waals surface area contributed by atoms with Gasteiger partial charge in [0.2, 0.25) is 0 Å². The van der Waals surface area contributed by atoms with Gasteiger partial charge in [0.25, 0.3) is 0 Å². The van der Waals surface area contributed by atoms with Crippen LogP contribution in [-0.4, -0.2) is 16.5 Å². The van der Waals surface area contributed by atoms with Crippen LogP contribution in [0.25, 0.3) is 0 Å². The Morgan fingerprint density at radius 2 is 2.12 bits per heavy atom. The summed E-state index contributed by atoms with van der Waals surface area (Å²) in [4.78, 5) is 9.06. The molecule has 1 N–H and O–H groups in total. The molecule has 1 aromatic heterocycles. The molecule has 0 aromatic carbocycles. The lowest BCUT2D eigenvalue weighted by atomic mass is 9.89. The molecule has 1 aliphatic carbocycles. The Morgan fingerprint density at radius 3 is 2.81 bits per heavy atom. The van der Waals surface area contributed by atoms with E-state index in [4.69, 9.17) is 0 Å². The van der Waals surface area contributed by atoms with Crippen LogP contribution in [0.2, 0.25) is 0 Å². The van der Waals surface area contributed by atoms with E-state index in [0.29, 0.717) is 5.92 Å². The zero-order valence-electron chi connectivity index (χ0n) is 9.67. The van der Waals surface area contributed by atoms with Gasteiger partial charge in [0, 0.05) is 18.7 Å². The van der Waals surface area contributed by atoms with Gasteiger partial charge in [-0.2, -0.15) is 0 Å². The summed E-state index contributed by atoms with van der Waals surface area (Å²) in [6.45, 7) is 2.97. The van der Waals surface area contributed by atoms with Gasteiger partial charge in [-0.3, -0.25) is 0 Å². The van der Waals surface area contributed by atoms with Crippen molar-refractivity contribution in [3.63, 3.8) is 0 Å². The van der Waals surface area contributed by atoms with Crippen LogP contribution in [0.5, 0.6) is 0 Å². The summed E-state index contributed by atoms with van der Waals surface area (Å²) in [5, 5.41) is 3.26. The Hall–Kier alpha value is -0.640. The standard InChI is InChI=1S/C12H18BrN3/c1-2-14-12-10(13)8-15-11(16-12)9-6-4-3-5-7-9/h8-9H,2-7H2,1H3,(H,14,15,16). The monoisotopic (exact) mass is 283 g/mol.